The number of benzene rings is 3. The number of hydrogen-bond donors (Lipinski definition) is 2. The molecule has 0 bridgehead atoms. The van der Waals surface area contributed by atoms with Crippen LogP contribution in [0.3, 0.4) is 0 Å². The third-order valence-corrected chi connectivity index (χ3v) is 5.58. The van der Waals surface area contributed by atoms with Crippen molar-refractivity contribution in [1.29, 1.82) is 0 Å². The van der Waals surface area contributed by atoms with Crippen LogP contribution in [-0.4, -0.2) is 24.2 Å². The summed E-state index contributed by atoms with van der Waals surface area (Å²) in [6.07, 6.45) is 0. The molecule has 3 rings (SSSR count). The molecule has 0 heterocycles. The third kappa shape index (κ3) is 5.87. The molecule has 0 aliphatic heterocycles. The number of hydrogen-bond acceptors (Lipinski definition) is 4. The van der Waals surface area contributed by atoms with E-state index in [9.17, 15) is 9.59 Å². The van der Waals surface area contributed by atoms with E-state index in [-0.39, 0.29) is 17.1 Å². The molecule has 3 aromatic rings. The molecule has 6 heteroatoms. The standard InChI is InChI=1S/C24H24N2O3S/c1-16-4-6-18(7-5-16)24(28)26-20-10-14-22(15-11-20)30-17(2)23(27)25-19-8-12-21(29-3)13-9-19/h4-15,17H,1-3H3,(H,25,27)(H,26,28). The summed E-state index contributed by atoms with van der Waals surface area (Å²) in [4.78, 5) is 25.7. The Morgan fingerprint density at radius 1 is 0.833 bits per heavy atom. The highest BCUT2D eigenvalue weighted by atomic mass is 32.2. The first-order valence-corrected chi connectivity index (χ1v) is 10.4. The summed E-state index contributed by atoms with van der Waals surface area (Å²) in [6.45, 7) is 3.84. The van der Waals surface area contributed by atoms with Gasteiger partial charge in [0.1, 0.15) is 5.75 Å². The van der Waals surface area contributed by atoms with E-state index in [4.69, 9.17) is 4.74 Å². The minimum atomic E-state index is -0.278. The van der Waals surface area contributed by atoms with Crippen LogP contribution in [0.4, 0.5) is 11.4 Å². The molecule has 0 spiro atoms. The first-order chi connectivity index (χ1) is 14.4. The van der Waals surface area contributed by atoms with E-state index in [1.54, 1.807) is 43.5 Å². The summed E-state index contributed by atoms with van der Waals surface area (Å²) < 4.78 is 5.12. The molecule has 30 heavy (non-hydrogen) atoms. The molecule has 0 saturated heterocycles. The number of carbonyl (C=O) groups is 2. The van der Waals surface area contributed by atoms with Gasteiger partial charge in [0.15, 0.2) is 0 Å². The number of methoxy groups -OCH3 is 1. The first kappa shape index (κ1) is 21.5. The van der Waals surface area contributed by atoms with Crippen LogP contribution in [0.1, 0.15) is 22.8 Å². The normalized spacial score (nSPS) is 11.4. The van der Waals surface area contributed by atoms with Crippen molar-refractivity contribution in [1.82, 2.24) is 0 Å². The van der Waals surface area contributed by atoms with Crippen molar-refractivity contribution < 1.29 is 14.3 Å². The van der Waals surface area contributed by atoms with Gasteiger partial charge in [0, 0.05) is 21.8 Å². The summed E-state index contributed by atoms with van der Waals surface area (Å²) >= 11 is 1.45. The van der Waals surface area contributed by atoms with E-state index in [2.05, 4.69) is 10.6 Å². The van der Waals surface area contributed by atoms with Crippen LogP contribution in [-0.2, 0) is 4.79 Å². The average molecular weight is 421 g/mol. The zero-order valence-corrected chi connectivity index (χ0v) is 18.0. The lowest BCUT2D eigenvalue weighted by atomic mass is 10.1. The summed E-state index contributed by atoms with van der Waals surface area (Å²) in [6, 6.07) is 22.1. The molecule has 3 aromatic carbocycles. The van der Waals surface area contributed by atoms with E-state index in [0.717, 1.165) is 21.9 Å². The quantitative estimate of drug-likeness (QED) is 0.504. The molecule has 0 saturated carbocycles. The number of amides is 2. The van der Waals surface area contributed by atoms with Crippen LogP contribution in [0.2, 0.25) is 0 Å². The van der Waals surface area contributed by atoms with Crippen LogP contribution in [0.15, 0.2) is 77.7 Å². The highest BCUT2D eigenvalue weighted by Gasteiger charge is 2.15. The lowest BCUT2D eigenvalue weighted by Gasteiger charge is -2.13. The lowest BCUT2D eigenvalue weighted by molar-refractivity contribution is -0.115. The monoisotopic (exact) mass is 420 g/mol. The minimum Gasteiger partial charge on any atom is -0.497 e. The van der Waals surface area contributed by atoms with Crippen molar-refractivity contribution in [3.05, 3.63) is 83.9 Å². The number of aryl methyl sites for hydroxylation is 1. The molecular weight excluding hydrogens is 396 g/mol. The average Bonchev–Trinajstić information content (AvgIpc) is 2.76. The summed E-state index contributed by atoms with van der Waals surface area (Å²) in [7, 11) is 1.60. The summed E-state index contributed by atoms with van der Waals surface area (Å²) in [5.74, 6) is 0.509. The van der Waals surface area contributed by atoms with E-state index in [1.807, 2.05) is 50.2 Å². The zero-order chi connectivity index (χ0) is 21.5. The van der Waals surface area contributed by atoms with Crippen LogP contribution in [0.5, 0.6) is 5.75 Å². The molecular formula is C24H24N2O3S. The van der Waals surface area contributed by atoms with E-state index < -0.39 is 0 Å². The van der Waals surface area contributed by atoms with Crippen molar-refractivity contribution >= 4 is 35.0 Å². The van der Waals surface area contributed by atoms with Gasteiger partial charge in [-0.1, -0.05) is 17.7 Å². The van der Waals surface area contributed by atoms with Gasteiger partial charge >= 0.3 is 0 Å². The molecule has 0 fully saturated rings. The Kier molecular flexibility index (Phi) is 7.14. The molecule has 2 N–H and O–H groups in total. The second-order valence-corrected chi connectivity index (χ2v) is 8.24. The number of ether oxygens (including phenoxy) is 1. The van der Waals surface area contributed by atoms with Crippen molar-refractivity contribution in [3.63, 3.8) is 0 Å². The van der Waals surface area contributed by atoms with Crippen molar-refractivity contribution in [2.24, 2.45) is 0 Å². The second-order valence-electron chi connectivity index (χ2n) is 6.82. The van der Waals surface area contributed by atoms with Crippen LogP contribution in [0, 0.1) is 6.92 Å². The van der Waals surface area contributed by atoms with Gasteiger partial charge in [-0.3, -0.25) is 9.59 Å². The van der Waals surface area contributed by atoms with Gasteiger partial charge in [0.05, 0.1) is 12.4 Å². The molecule has 0 aromatic heterocycles. The fourth-order valence-electron chi connectivity index (χ4n) is 2.70. The van der Waals surface area contributed by atoms with Gasteiger partial charge in [-0.2, -0.15) is 0 Å². The van der Waals surface area contributed by atoms with E-state index in [0.29, 0.717) is 11.3 Å². The SMILES string of the molecule is COc1ccc(NC(=O)C(C)Sc2ccc(NC(=O)c3ccc(C)cc3)cc2)cc1. The number of rotatable bonds is 7. The largest absolute Gasteiger partial charge is 0.497 e. The minimum absolute atomic E-state index is 0.0816. The van der Waals surface area contributed by atoms with Crippen molar-refractivity contribution in [2.45, 2.75) is 24.0 Å². The molecule has 0 aliphatic rings. The number of carbonyl (C=O) groups excluding carboxylic acids is 2. The second kappa shape index (κ2) is 9.98. The van der Waals surface area contributed by atoms with Gasteiger partial charge in [-0.15, -0.1) is 11.8 Å². The highest BCUT2D eigenvalue weighted by molar-refractivity contribution is 8.00. The number of anilines is 2. The Labute approximate surface area is 180 Å². The molecule has 1 atom stereocenters. The lowest BCUT2D eigenvalue weighted by Crippen LogP contribution is -2.22. The Morgan fingerprint density at radius 3 is 2.00 bits per heavy atom. The third-order valence-electron chi connectivity index (χ3n) is 4.47. The Hall–Kier alpha value is -3.25. The maximum Gasteiger partial charge on any atom is 0.255 e. The molecule has 0 aliphatic carbocycles. The number of nitrogens with one attached hydrogen (secondary N) is 2. The first-order valence-electron chi connectivity index (χ1n) is 9.54. The van der Waals surface area contributed by atoms with Gasteiger partial charge < -0.3 is 15.4 Å². The highest BCUT2D eigenvalue weighted by Crippen LogP contribution is 2.26. The molecule has 2 amide bonds. The maximum atomic E-state index is 12.4. The molecule has 0 radical (unpaired) electrons. The maximum absolute atomic E-state index is 12.4. The topological polar surface area (TPSA) is 67.4 Å². The molecule has 1 unspecified atom stereocenters. The van der Waals surface area contributed by atoms with Crippen molar-refractivity contribution in [3.8, 4) is 5.75 Å². The van der Waals surface area contributed by atoms with E-state index >= 15 is 0 Å². The smallest absolute Gasteiger partial charge is 0.255 e. The van der Waals surface area contributed by atoms with E-state index in [1.165, 1.54) is 11.8 Å². The Balaban J connectivity index is 1.54. The zero-order valence-electron chi connectivity index (χ0n) is 17.1. The molecule has 154 valence electrons. The van der Waals surface area contributed by atoms with Gasteiger partial charge in [-0.05, 0) is 74.5 Å². The van der Waals surface area contributed by atoms with Gasteiger partial charge in [0.25, 0.3) is 5.91 Å². The predicted octanol–water partition coefficient (Wildman–Crippen LogP) is 5.38. The fourth-order valence-corrected chi connectivity index (χ4v) is 3.57. The predicted molar refractivity (Wildman–Crippen MR) is 123 cm³/mol. The van der Waals surface area contributed by atoms with Crippen LogP contribution in [0.25, 0.3) is 0 Å². The van der Waals surface area contributed by atoms with Gasteiger partial charge in [-0.25, -0.2) is 0 Å². The van der Waals surface area contributed by atoms with Crippen LogP contribution >= 0.6 is 11.8 Å². The summed E-state index contributed by atoms with van der Waals surface area (Å²) in [5, 5.41) is 5.51. The fraction of sp³-hybridized carbons (Fsp3) is 0.167. The Bertz CT molecular complexity index is 1000. The Morgan fingerprint density at radius 2 is 1.40 bits per heavy atom. The van der Waals surface area contributed by atoms with Crippen molar-refractivity contribution in [2.75, 3.05) is 17.7 Å². The van der Waals surface area contributed by atoms with Crippen LogP contribution < -0.4 is 15.4 Å². The summed E-state index contributed by atoms with van der Waals surface area (Å²) in [5.41, 5.74) is 3.16. The van der Waals surface area contributed by atoms with Gasteiger partial charge in [0.2, 0.25) is 5.91 Å². The molecule has 5 nitrogen and oxygen atoms in total. The number of thioether (sulfide) groups is 1.